The minimum Gasteiger partial charge on any atom is -0.324 e. The molecular weight excluding hydrogens is 305 g/mol. The summed E-state index contributed by atoms with van der Waals surface area (Å²) in [5.41, 5.74) is 4.74. The van der Waals surface area contributed by atoms with Crippen molar-refractivity contribution in [3.8, 4) is 0 Å². The number of rotatable bonds is 6. The Morgan fingerprint density at radius 1 is 1.52 bits per heavy atom. The fourth-order valence-corrected chi connectivity index (χ4v) is 2.12. The lowest BCUT2D eigenvalue weighted by atomic mass is 10.2. The van der Waals surface area contributed by atoms with Gasteiger partial charge in [0.1, 0.15) is 9.84 Å². The second-order valence-electron chi connectivity index (χ2n) is 4.44. The highest BCUT2D eigenvalue weighted by atomic mass is 32.2. The van der Waals surface area contributed by atoms with Gasteiger partial charge in [0.2, 0.25) is 11.7 Å². The van der Waals surface area contributed by atoms with E-state index in [1.807, 2.05) is 0 Å². The predicted molar refractivity (Wildman–Crippen MR) is 74.0 cm³/mol. The van der Waals surface area contributed by atoms with Gasteiger partial charge in [0, 0.05) is 18.0 Å². The van der Waals surface area contributed by atoms with E-state index < -0.39 is 38.2 Å². The average Bonchev–Trinajstić information content (AvgIpc) is 2.36. The molecule has 1 atom stereocenters. The van der Waals surface area contributed by atoms with E-state index in [4.69, 9.17) is 5.73 Å². The topological polar surface area (TPSA) is 132 Å². The average molecular weight is 319 g/mol. The molecule has 1 aromatic rings. The van der Waals surface area contributed by atoms with E-state index in [1.165, 1.54) is 0 Å². The largest absolute Gasteiger partial charge is 0.324 e. The van der Waals surface area contributed by atoms with Crippen LogP contribution in [-0.2, 0) is 14.6 Å². The van der Waals surface area contributed by atoms with Crippen LogP contribution in [0.25, 0.3) is 0 Å². The second-order valence-corrected chi connectivity index (χ2v) is 6.70. The molecule has 1 aromatic carbocycles. The lowest BCUT2D eigenvalue weighted by Gasteiger charge is -2.11. The SMILES string of the molecule is CS(=O)(=O)CCC(N)C(=O)Nc1ccc(F)c([N+](=O)[O-])c1. The zero-order chi connectivity index (χ0) is 16.2. The molecule has 0 bridgehead atoms. The van der Waals surface area contributed by atoms with Gasteiger partial charge in [-0.1, -0.05) is 0 Å². The molecule has 0 fully saturated rings. The fourth-order valence-electron chi connectivity index (χ4n) is 1.44. The molecule has 8 nitrogen and oxygen atoms in total. The minimum absolute atomic E-state index is 0.00269. The molecule has 0 spiro atoms. The summed E-state index contributed by atoms with van der Waals surface area (Å²) < 4.78 is 35.1. The highest BCUT2D eigenvalue weighted by Crippen LogP contribution is 2.21. The summed E-state index contributed by atoms with van der Waals surface area (Å²) in [5, 5.41) is 12.8. The Bertz CT molecular complexity index is 662. The van der Waals surface area contributed by atoms with E-state index in [1.54, 1.807) is 0 Å². The first-order chi connectivity index (χ1) is 9.60. The first kappa shape index (κ1) is 17.0. The molecule has 3 N–H and O–H groups in total. The van der Waals surface area contributed by atoms with Gasteiger partial charge in [0.05, 0.1) is 16.7 Å². The molecule has 0 aromatic heterocycles. The van der Waals surface area contributed by atoms with Gasteiger partial charge in [-0.2, -0.15) is 4.39 Å². The number of anilines is 1. The molecular formula is C11H14FN3O5S. The van der Waals surface area contributed by atoms with Crippen LogP contribution in [0.5, 0.6) is 0 Å². The zero-order valence-electron chi connectivity index (χ0n) is 11.1. The van der Waals surface area contributed by atoms with Gasteiger partial charge >= 0.3 is 5.69 Å². The summed E-state index contributed by atoms with van der Waals surface area (Å²) in [6.45, 7) is 0. The standard InChI is InChI=1S/C11H14FN3O5S/c1-21(19,20)5-4-9(13)11(16)14-7-2-3-8(12)10(6-7)15(17)18/h2-3,6,9H,4-5,13H2,1H3,(H,14,16). The molecule has 1 amide bonds. The van der Waals surface area contributed by atoms with Gasteiger partial charge in [-0.25, -0.2) is 8.42 Å². The smallest absolute Gasteiger partial charge is 0.306 e. The number of nitrogens with two attached hydrogens (primary N) is 1. The summed E-state index contributed by atoms with van der Waals surface area (Å²) in [6, 6.07) is 1.75. The van der Waals surface area contributed by atoms with Crippen molar-refractivity contribution in [1.82, 2.24) is 0 Å². The number of amides is 1. The minimum atomic E-state index is -3.25. The number of nitrogens with one attached hydrogen (secondary N) is 1. The number of nitro benzene ring substituents is 1. The third-order valence-electron chi connectivity index (χ3n) is 2.55. The first-order valence-corrected chi connectivity index (χ1v) is 7.84. The molecule has 1 rings (SSSR count). The highest BCUT2D eigenvalue weighted by Gasteiger charge is 2.19. The van der Waals surface area contributed by atoms with Crippen LogP contribution in [-0.4, -0.2) is 37.3 Å². The predicted octanol–water partition coefficient (Wildman–Crippen LogP) is 0.434. The van der Waals surface area contributed by atoms with Gasteiger partial charge in [0.25, 0.3) is 0 Å². The Morgan fingerprint density at radius 3 is 2.67 bits per heavy atom. The van der Waals surface area contributed by atoms with Crippen LogP contribution < -0.4 is 11.1 Å². The number of carbonyl (C=O) groups excluding carboxylic acids is 1. The van der Waals surface area contributed by atoms with E-state index in [0.717, 1.165) is 24.5 Å². The monoisotopic (exact) mass is 319 g/mol. The van der Waals surface area contributed by atoms with Gasteiger partial charge in [-0.05, 0) is 18.6 Å². The number of hydrogen-bond acceptors (Lipinski definition) is 6. The van der Waals surface area contributed by atoms with Crippen molar-refractivity contribution in [1.29, 1.82) is 0 Å². The quantitative estimate of drug-likeness (QED) is 0.577. The normalized spacial score (nSPS) is 12.7. The van der Waals surface area contributed by atoms with Crippen molar-refractivity contribution >= 4 is 27.1 Å². The van der Waals surface area contributed by atoms with Crippen molar-refractivity contribution in [2.45, 2.75) is 12.5 Å². The molecule has 21 heavy (non-hydrogen) atoms. The lowest BCUT2D eigenvalue weighted by molar-refractivity contribution is -0.387. The van der Waals surface area contributed by atoms with Crippen LogP contribution in [0.2, 0.25) is 0 Å². The van der Waals surface area contributed by atoms with Gasteiger partial charge in [-0.15, -0.1) is 0 Å². The summed E-state index contributed by atoms with van der Waals surface area (Å²) in [4.78, 5) is 21.3. The van der Waals surface area contributed by atoms with E-state index in [-0.39, 0.29) is 17.9 Å². The number of nitrogens with zero attached hydrogens (tertiary/aromatic N) is 1. The molecule has 10 heteroatoms. The molecule has 116 valence electrons. The maximum Gasteiger partial charge on any atom is 0.306 e. The Labute approximate surface area is 120 Å². The van der Waals surface area contributed by atoms with Crippen molar-refractivity contribution in [2.75, 3.05) is 17.3 Å². The number of benzene rings is 1. The number of nitro groups is 1. The van der Waals surface area contributed by atoms with Crippen LogP contribution in [0.3, 0.4) is 0 Å². The van der Waals surface area contributed by atoms with Gasteiger partial charge in [0.15, 0.2) is 0 Å². The molecule has 0 radical (unpaired) electrons. The van der Waals surface area contributed by atoms with Crippen LogP contribution in [0.1, 0.15) is 6.42 Å². The lowest BCUT2D eigenvalue weighted by Crippen LogP contribution is -2.37. The highest BCUT2D eigenvalue weighted by molar-refractivity contribution is 7.90. The first-order valence-electron chi connectivity index (χ1n) is 5.78. The Balaban J connectivity index is 2.75. The summed E-state index contributed by atoms with van der Waals surface area (Å²) >= 11 is 0. The molecule has 0 aliphatic heterocycles. The van der Waals surface area contributed by atoms with Crippen LogP contribution in [0.4, 0.5) is 15.8 Å². The molecule has 0 aliphatic carbocycles. The Hall–Kier alpha value is -2.07. The number of carbonyl (C=O) groups is 1. The molecule has 0 heterocycles. The van der Waals surface area contributed by atoms with E-state index >= 15 is 0 Å². The molecule has 0 saturated heterocycles. The molecule has 1 unspecified atom stereocenters. The van der Waals surface area contributed by atoms with Crippen LogP contribution in [0, 0.1) is 15.9 Å². The Morgan fingerprint density at radius 2 is 2.14 bits per heavy atom. The number of halogens is 1. The molecule has 0 aliphatic rings. The fraction of sp³-hybridized carbons (Fsp3) is 0.364. The second kappa shape index (κ2) is 6.59. The van der Waals surface area contributed by atoms with Gasteiger partial charge < -0.3 is 11.1 Å². The number of sulfone groups is 1. The van der Waals surface area contributed by atoms with Crippen molar-refractivity contribution in [2.24, 2.45) is 5.73 Å². The van der Waals surface area contributed by atoms with Crippen molar-refractivity contribution < 1.29 is 22.5 Å². The van der Waals surface area contributed by atoms with Crippen LogP contribution >= 0.6 is 0 Å². The van der Waals surface area contributed by atoms with Crippen molar-refractivity contribution in [3.63, 3.8) is 0 Å². The third kappa shape index (κ3) is 5.44. The zero-order valence-corrected chi connectivity index (χ0v) is 11.9. The van der Waals surface area contributed by atoms with Crippen LogP contribution in [0.15, 0.2) is 18.2 Å². The van der Waals surface area contributed by atoms with E-state index in [0.29, 0.717) is 0 Å². The third-order valence-corrected chi connectivity index (χ3v) is 3.52. The summed E-state index contributed by atoms with van der Waals surface area (Å²) in [5.74, 6) is -2.00. The van der Waals surface area contributed by atoms with Gasteiger partial charge in [-0.3, -0.25) is 14.9 Å². The maximum absolute atomic E-state index is 13.1. The van der Waals surface area contributed by atoms with E-state index in [9.17, 15) is 27.7 Å². The van der Waals surface area contributed by atoms with E-state index in [2.05, 4.69) is 5.32 Å². The van der Waals surface area contributed by atoms with Crippen molar-refractivity contribution in [3.05, 3.63) is 34.1 Å². The summed E-state index contributed by atoms with van der Waals surface area (Å²) in [7, 11) is -3.25. The Kier molecular flexibility index (Phi) is 5.33. The molecule has 0 saturated carbocycles. The summed E-state index contributed by atoms with van der Waals surface area (Å²) in [6.07, 6.45) is 0.926. The maximum atomic E-state index is 13.1. The number of hydrogen-bond donors (Lipinski definition) is 2.